The van der Waals surface area contributed by atoms with Crippen molar-refractivity contribution in [3.05, 3.63) is 101 Å². The number of anilines is 3. The van der Waals surface area contributed by atoms with Gasteiger partial charge in [0.2, 0.25) is 11.8 Å². The molecule has 42 heavy (non-hydrogen) atoms. The molecule has 0 radical (unpaired) electrons. The average molecular weight is 563 g/mol. The van der Waals surface area contributed by atoms with Crippen molar-refractivity contribution in [2.75, 3.05) is 16.8 Å². The second kappa shape index (κ2) is 12.0. The van der Waals surface area contributed by atoms with Crippen LogP contribution in [0.1, 0.15) is 51.5 Å². The molecule has 3 aromatic rings. The van der Waals surface area contributed by atoms with E-state index in [0.29, 0.717) is 18.7 Å². The third-order valence-electron chi connectivity index (χ3n) is 8.88. The monoisotopic (exact) mass is 562 g/mol. The van der Waals surface area contributed by atoms with Gasteiger partial charge in [-0.25, -0.2) is 0 Å². The fourth-order valence-corrected chi connectivity index (χ4v) is 7.02. The minimum atomic E-state index is -0.374. The van der Waals surface area contributed by atoms with Crippen LogP contribution in [0.5, 0.6) is 5.75 Å². The highest BCUT2D eigenvalue weighted by Crippen LogP contribution is 2.50. The lowest BCUT2D eigenvalue weighted by atomic mass is 9.70. The highest BCUT2D eigenvalue weighted by molar-refractivity contribution is 6.22. The number of benzene rings is 3. The summed E-state index contributed by atoms with van der Waals surface area (Å²) in [5.74, 6) is -0.709. The van der Waals surface area contributed by atoms with Gasteiger partial charge in [0.05, 0.1) is 30.2 Å². The summed E-state index contributed by atoms with van der Waals surface area (Å²) in [5.41, 5.74) is 7.25. The molecule has 2 saturated heterocycles. The molecule has 2 aliphatic heterocycles. The van der Waals surface area contributed by atoms with E-state index in [1.165, 1.54) is 21.6 Å². The minimum absolute atomic E-state index is 0.0410. The number of carbonyl (C=O) groups excluding carboxylic acids is 2. The summed E-state index contributed by atoms with van der Waals surface area (Å²) in [7, 11) is 0. The van der Waals surface area contributed by atoms with Gasteiger partial charge in [-0.15, -0.1) is 0 Å². The predicted molar refractivity (Wildman–Crippen MR) is 166 cm³/mol. The Bertz CT molecular complexity index is 1530. The van der Waals surface area contributed by atoms with Crippen molar-refractivity contribution in [1.82, 2.24) is 0 Å². The van der Waals surface area contributed by atoms with E-state index >= 15 is 0 Å². The second-order valence-corrected chi connectivity index (χ2v) is 11.7. The van der Waals surface area contributed by atoms with Crippen LogP contribution in [-0.2, 0) is 14.3 Å². The third kappa shape index (κ3) is 5.51. The molecule has 0 aromatic heterocycles. The van der Waals surface area contributed by atoms with Gasteiger partial charge in [-0.05, 0) is 92.3 Å². The number of nitrogens with one attached hydrogen (secondary N) is 1. The Morgan fingerprint density at radius 3 is 2.45 bits per heavy atom. The first-order chi connectivity index (χ1) is 20.4. The fraction of sp³-hybridized carbons (Fsp3) is 0.333. The molecule has 6 rings (SSSR count). The second-order valence-electron chi connectivity index (χ2n) is 11.7. The Kier molecular flexibility index (Phi) is 7.98. The number of rotatable bonds is 9. The van der Waals surface area contributed by atoms with E-state index in [9.17, 15) is 14.7 Å². The van der Waals surface area contributed by atoms with Crippen LogP contribution in [0.15, 0.2) is 95.6 Å². The summed E-state index contributed by atoms with van der Waals surface area (Å²) in [5, 5.41) is 13.2. The molecule has 2 heterocycles. The summed E-state index contributed by atoms with van der Waals surface area (Å²) >= 11 is 0. The Balaban J connectivity index is 1.16. The number of allylic oxidation sites excluding steroid dienone is 2. The molecule has 3 aromatic carbocycles. The van der Waals surface area contributed by atoms with E-state index in [4.69, 9.17) is 4.74 Å². The molecule has 0 spiro atoms. The number of phenols is 1. The zero-order valence-electron chi connectivity index (χ0n) is 24.3. The normalized spacial score (nSPS) is 23.8. The summed E-state index contributed by atoms with van der Waals surface area (Å²) in [4.78, 5) is 28.9. The third-order valence-corrected chi connectivity index (χ3v) is 8.88. The maximum atomic E-state index is 13.8. The number of fused-ring (bicyclic) bond motifs is 3. The van der Waals surface area contributed by atoms with Crippen LogP contribution >= 0.6 is 0 Å². The number of carbonyl (C=O) groups is 2. The van der Waals surface area contributed by atoms with E-state index in [2.05, 4.69) is 25.2 Å². The molecular formula is C36H38N2O4. The molecule has 4 atom stereocenters. The number of para-hydroxylation sites is 1. The maximum absolute atomic E-state index is 13.8. The summed E-state index contributed by atoms with van der Waals surface area (Å²) in [6.07, 6.45) is 6.48. The van der Waals surface area contributed by atoms with Crippen molar-refractivity contribution < 1.29 is 19.4 Å². The van der Waals surface area contributed by atoms with Crippen molar-refractivity contribution in [2.45, 2.75) is 52.1 Å². The van der Waals surface area contributed by atoms with Crippen molar-refractivity contribution >= 4 is 35.0 Å². The fourth-order valence-electron chi connectivity index (χ4n) is 7.02. The molecule has 6 nitrogen and oxygen atoms in total. The Hall–Kier alpha value is -4.16. The summed E-state index contributed by atoms with van der Waals surface area (Å²) in [6, 6.07) is 24.8. The number of phenolic OH excluding ortho intramolecular Hbond substituents is 1. The number of ether oxygens (including phenoxy) is 1. The van der Waals surface area contributed by atoms with Crippen LogP contribution in [0.3, 0.4) is 0 Å². The van der Waals surface area contributed by atoms with Gasteiger partial charge in [0.15, 0.2) is 0 Å². The Morgan fingerprint density at radius 2 is 1.71 bits per heavy atom. The number of imide groups is 1. The van der Waals surface area contributed by atoms with Crippen LogP contribution in [0.25, 0.3) is 6.08 Å². The van der Waals surface area contributed by atoms with Crippen LogP contribution in [-0.4, -0.2) is 29.6 Å². The molecule has 6 heteroatoms. The quantitative estimate of drug-likeness (QED) is 0.207. The van der Waals surface area contributed by atoms with Crippen LogP contribution in [0.4, 0.5) is 17.1 Å². The van der Waals surface area contributed by atoms with Crippen LogP contribution in [0.2, 0.25) is 0 Å². The average Bonchev–Trinajstić information content (AvgIpc) is 3.52. The summed E-state index contributed by atoms with van der Waals surface area (Å²) in [6.45, 7) is 4.76. The standard InChI is InChI=1S/C36H38N2O4/c1-3-8-24(20-25-9-7-12-29(39)21-25)13-18-32-33-23(2)19-30-34(31(33)22-42-32)36(41)38(35(30)40)28-16-14-27(15-17-28)37-26-10-5-4-6-11-26/h4-7,9-12,14-17,20-21,30-32,34,37,39H,3,8,13,18-19,22H2,1-2H3/b24-20+/t30-,31+,32-,34-/m1/s1. The minimum Gasteiger partial charge on any atom is -0.508 e. The zero-order chi connectivity index (χ0) is 29.2. The number of nitrogens with zero attached hydrogens (tertiary/aromatic N) is 1. The van der Waals surface area contributed by atoms with E-state index in [1.54, 1.807) is 12.1 Å². The first-order valence-electron chi connectivity index (χ1n) is 15.0. The first kappa shape index (κ1) is 28.0. The van der Waals surface area contributed by atoms with Gasteiger partial charge in [-0.2, -0.15) is 0 Å². The Labute approximate surface area is 247 Å². The van der Waals surface area contributed by atoms with Gasteiger partial charge in [-0.1, -0.05) is 60.9 Å². The Morgan fingerprint density at radius 1 is 0.952 bits per heavy atom. The van der Waals surface area contributed by atoms with Gasteiger partial charge in [0.25, 0.3) is 0 Å². The van der Waals surface area contributed by atoms with E-state index in [1.807, 2.05) is 66.7 Å². The topological polar surface area (TPSA) is 78.9 Å². The molecule has 216 valence electrons. The van der Waals surface area contributed by atoms with Crippen molar-refractivity contribution in [1.29, 1.82) is 0 Å². The lowest BCUT2D eigenvalue weighted by Gasteiger charge is -2.30. The van der Waals surface area contributed by atoms with Gasteiger partial charge in [0, 0.05) is 17.3 Å². The number of hydrogen-bond donors (Lipinski definition) is 2. The van der Waals surface area contributed by atoms with Crippen LogP contribution in [0, 0.1) is 17.8 Å². The van der Waals surface area contributed by atoms with Gasteiger partial charge >= 0.3 is 0 Å². The number of amides is 2. The molecular weight excluding hydrogens is 524 g/mol. The highest BCUT2D eigenvalue weighted by atomic mass is 16.5. The molecule has 3 aliphatic rings. The lowest BCUT2D eigenvalue weighted by molar-refractivity contribution is -0.122. The molecule has 0 saturated carbocycles. The lowest BCUT2D eigenvalue weighted by Crippen LogP contribution is -2.34. The molecule has 0 bridgehead atoms. The van der Waals surface area contributed by atoms with Crippen molar-refractivity contribution in [2.24, 2.45) is 17.8 Å². The van der Waals surface area contributed by atoms with Gasteiger partial charge in [0.1, 0.15) is 5.75 Å². The van der Waals surface area contributed by atoms with E-state index in [0.717, 1.165) is 42.6 Å². The van der Waals surface area contributed by atoms with E-state index in [-0.39, 0.29) is 41.4 Å². The number of hydrogen-bond acceptors (Lipinski definition) is 5. The smallest absolute Gasteiger partial charge is 0.238 e. The first-order valence-corrected chi connectivity index (χ1v) is 15.0. The molecule has 2 N–H and O–H groups in total. The number of aromatic hydroxyl groups is 1. The molecule has 1 aliphatic carbocycles. The predicted octanol–water partition coefficient (Wildman–Crippen LogP) is 7.64. The van der Waals surface area contributed by atoms with Gasteiger partial charge in [-0.3, -0.25) is 14.5 Å². The van der Waals surface area contributed by atoms with Crippen LogP contribution < -0.4 is 10.2 Å². The SMILES string of the molecule is CCC/C(=C\c1cccc(O)c1)CC[C@H]1OC[C@H]2C1=C(C)C[C@H]1C(=O)N(c3ccc(Nc4ccccc4)cc3)C(=O)[C@H]12. The van der Waals surface area contributed by atoms with E-state index < -0.39 is 0 Å². The van der Waals surface area contributed by atoms with Crippen molar-refractivity contribution in [3.63, 3.8) is 0 Å². The van der Waals surface area contributed by atoms with Gasteiger partial charge < -0.3 is 15.2 Å². The maximum Gasteiger partial charge on any atom is 0.238 e. The molecule has 2 amide bonds. The summed E-state index contributed by atoms with van der Waals surface area (Å²) < 4.78 is 6.36. The van der Waals surface area contributed by atoms with Crippen molar-refractivity contribution in [3.8, 4) is 5.75 Å². The zero-order valence-corrected chi connectivity index (χ0v) is 24.3. The highest BCUT2D eigenvalue weighted by Gasteiger charge is 2.56. The molecule has 0 unspecified atom stereocenters. The molecule has 2 fully saturated rings. The largest absolute Gasteiger partial charge is 0.508 e.